The Morgan fingerprint density at radius 1 is 1.42 bits per heavy atom. The van der Waals surface area contributed by atoms with Gasteiger partial charge in [-0.25, -0.2) is 9.18 Å². The van der Waals surface area contributed by atoms with Crippen molar-refractivity contribution in [2.45, 2.75) is 19.3 Å². The van der Waals surface area contributed by atoms with Crippen LogP contribution in [0.25, 0.3) is 0 Å². The summed E-state index contributed by atoms with van der Waals surface area (Å²) in [7, 11) is 0. The van der Waals surface area contributed by atoms with Gasteiger partial charge in [0.05, 0.1) is 10.9 Å². The third-order valence-corrected chi connectivity index (χ3v) is 4.23. The Hall–Kier alpha value is -1.86. The molecule has 3 amide bonds. The summed E-state index contributed by atoms with van der Waals surface area (Å²) in [5.41, 5.74) is 5.75. The number of nitrogens with two attached hydrogens (primary N) is 1. The van der Waals surface area contributed by atoms with Crippen molar-refractivity contribution in [2.24, 2.45) is 11.7 Å². The highest BCUT2D eigenvalue weighted by Gasteiger charge is 2.28. The summed E-state index contributed by atoms with van der Waals surface area (Å²) in [5.74, 6) is -1.13. The zero-order chi connectivity index (χ0) is 17.5. The van der Waals surface area contributed by atoms with Gasteiger partial charge in [-0.15, -0.1) is 0 Å². The van der Waals surface area contributed by atoms with E-state index in [9.17, 15) is 14.0 Å². The van der Waals surface area contributed by atoms with Gasteiger partial charge in [-0.2, -0.15) is 0 Å². The molecule has 132 valence electrons. The fraction of sp³-hybridized carbons (Fsp3) is 0.500. The molecule has 0 spiro atoms. The van der Waals surface area contributed by atoms with E-state index in [1.165, 1.54) is 12.1 Å². The Labute approximate surface area is 145 Å². The summed E-state index contributed by atoms with van der Waals surface area (Å²) in [6.07, 6.45) is 2.15. The second-order valence-corrected chi connectivity index (χ2v) is 6.18. The number of halogens is 2. The Morgan fingerprint density at radius 2 is 2.21 bits per heavy atom. The maximum atomic E-state index is 13.4. The fourth-order valence-electron chi connectivity index (χ4n) is 2.60. The highest BCUT2D eigenvalue weighted by atomic mass is 35.5. The van der Waals surface area contributed by atoms with Gasteiger partial charge in [-0.3, -0.25) is 4.79 Å². The van der Waals surface area contributed by atoms with E-state index in [2.05, 4.69) is 10.6 Å². The molecule has 8 heteroatoms. The number of urea groups is 1. The van der Waals surface area contributed by atoms with Crippen LogP contribution in [-0.2, 0) is 4.79 Å². The van der Waals surface area contributed by atoms with Crippen LogP contribution in [0.3, 0.4) is 0 Å². The minimum Gasteiger partial charge on any atom is -0.338 e. The smallest absolute Gasteiger partial charge is 0.317 e. The van der Waals surface area contributed by atoms with Crippen molar-refractivity contribution in [1.29, 1.82) is 0 Å². The van der Waals surface area contributed by atoms with Gasteiger partial charge in [0.15, 0.2) is 0 Å². The SMILES string of the molecule is NCCCNC(=O)N1CCC[C@H](C(=O)Nc2ccc(Cl)c(F)c2)C1. The lowest BCUT2D eigenvalue weighted by atomic mass is 9.97. The van der Waals surface area contributed by atoms with Crippen molar-refractivity contribution in [2.75, 3.05) is 31.5 Å². The van der Waals surface area contributed by atoms with E-state index in [0.29, 0.717) is 44.7 Å². The minimum atomic E-state index is -0.584. The number of rotatable bonds is 5. The number of likely N-dealkylation sites (tertiary alicyclic amines) is 1. The average Bonchev–Trinajstić information content (AvgIpc) is 2.58. The van der Waals surface area contributed by atoms with E-state index >= 15 is 0 Å². The summed E-state index contributed by atoms with van der Waals surface area (Å²) in [5, 5.41) is 5.47. The van der Waals surface area contributed by atoms with Crippen LogP contribution in [0.2, 0.25) is 5.02 Å². The molecule has 24 heavy (non-hydrogen) atoms. The standard InChI is InChI=1S/C16H22ClFN4O2/c17-13-5-4-12(9-14(13)18)21-15(23)11-3-1-8-22(10-11)16(24)20-7-2-6-19/h4-5,9,11H,1-3,6-8,10,19H2,(H,20,24)(H,21,23)/t11-/m0/s1. The molecule has 6 nitrogen and oxygen atoms in total. The number of hydrogen-bond donors (Lipinski definition) is 3. The topological polar surface area (TPSA) is 87.5 Å². The van der Waals surface area contributed by atoms with Crippen molar-refractivity contribution in [3.63, 3.8) is 0 Å². The second-order valence-electron chi connectivity index (χ2n) is 5.78. The molecule has 1 aliphatic heterocycles. The average molecular weight is 357 g/mol. The number of carbonyl (C=O) groups excluding carboxylic acids is 2. The van der Waals surface area contributed by atoms with E-state index in [0.717, 1.165) is 6.42 Å². The van der Waals surface area contributed by atoms with E-state index in [-0.39, 0.29) is 22.9 Å². The predicted molar refractivity (Wildman–Crippen MR) is 91.4 cm³/mol. The van der Waals surface area contributed by atoms with Crippen LogP contribution in [0.15, 0.2) is 18.2 Å². The summed E-state index contributed by atoms with van der Waals surface area (Å²) in [4.78, 5) is 26.0. The molecule has 0 unspecified atom stereocenters. The molecule has 2 rings (SSSR count). The molecule has 1 atom stereocenters. The molecule has 0 aliphatic carbocycles. The fourth-order valence-corrected chi connectivity index (χ4v) is 2.72. The number of piperidine rings is 1. The second kappa shape index (κ2) is 8.84. The zero-order valence-electron chi connectivity index (χ0n) is 13.4. The minimum absolute atomic E-state index is 0.00555. The normalized spacial score (nSPS) is 17.5. The van der Waals surface area contributed by atoms with Crippen LogP contribution in [0.4, 0.5) is 14.9 Å². The van der Waals surface area contributed by atoms with Crippen LogP contribution < -0.4 is 16.4 Å². The number of amides is 3. The van der Waals surface area contributed by atoms with Crippen LogP contribution in [-0.4, -0.2) is 43.0 Å². The molecule has 0 saturated carbocycles. The van der Waals surface area contributed by atoms with Crippen molar-refractivity contribution < 1.29 is 14.0 Å². The van der Waals surface area contributed by atoms with E-state index < -0.39 is 5.82 Å². The first-order chi connectivity index (χ1) is 11.5. The largest absolute Gasteiger partial charge is 0.338 e. The molecule has 1 aliphatic rings. The first-order valence-corrected chi connectivity index (χ1v) is 8.38. The molecular weight excluding hydrogens is 335 g/mol. The van der Waals surface area contributed by atoms with E-state index in [1.807, 2.05) is 0 Å². The van der Waals surface area contributed by atoms with Gasteiger partial charge >= 0.3 is 6.03 Å². The number of benzene rings is 1. The lowest BCUT2D eigenvalue weighted by molar-refractivity contribution is -0.121. The molecule has 0 bridgehead atoms. The van der Waals surface area contributed by atoms with Crippen LogP contribution >= 0.6 is 11.6 Å². The number of nitrogens with zero attached hydrogens (tertiary/aromatic N) is 1. The zero-order valence-corrected chi connectivity index (χ0v) is 14.1. The number of nitrogens with one attached hydrogen (secondary N) is 2. The molecule has 0 radical (unpaired) electrons. The van der Waals surface area contributed by atoms with Gasteiger partial charge < -0.3 is 21.3 Å². The summed E-state index contributed by atoms with van der Waals surface area (Å²) in [6, 6.07) is 3.94. The van der Waals surface area contributed by atoms with Gasteiger partial charge in [-0.1, -0.05) is 11.6 Å². The first-order valence-electron chi connectivity index (χ1n) is 8.00. The van der Waals surface area contributed by atoms with Crippen molar-refractivity contribution in [3.8, 4) is 0 Å². The molecule has 1 fully saturated rings. The van der Waals surface area contributed by atoms with Gasteiger partial charge in [-0.05, 0) is 44.0 Å². The third-order valence-electron chi connectivity index (χ3n) is 3.92. The van der Waals surface area contributed by atoms with Crippen molar-refractivity contribution >= 4 is 29.2 Å². The summed E-state index contributed by atoms with van der Waals surface area (Å²) < 4.78 is 13.4. The Kier molecular flexibility index (Phi) is 6.81. The van der Waals surface area contributed by atoms with Gasteiger partial charge in [0.1, 0.15) is 5.82 Å². The Balaban J connectivity index is 1.89. The lowest BCUT2D eigenvalue weighted by Gasteiger charge is -2.32. The molecule has 1 aromatic rings. The molecule has 0 aromatic heterocycles. The maximum Gasteiger partial charge on any atom is 0.317 e. The quantitative estimate of drug-likeness (QED) is 0.707. The van der Waals surface area contributed by atoms with Crippen LogP contribution in [0.1, 0.15) is 19.3 Å². The third kappa shape index (κ3) is 5.07. The Morgan fingerprint density at radius 3 is 2.92 bits per heavy atom. The highest BCUT2D eigenvalue weighted by molar-refractivity contribution is 6.30. The lowest BCUT2D eigenvalue weighted by Crippen LogP contribution is -2.48. The predicted octanol–water partition coefficient (Wildman–Crippen LogP) is 2.19. The van der Waals surface area contributed by atoms with Crippen molar-refractivity contribution in [3.05, 3.63) is 29.0 Å². The summed E-state index contributed by atoms with van der Waals surface area (Å²) >= 11 is 5.63. The van der Waals surface area contributed by atoms with Crippen molar-refractivity contribution in [1.82, 2.24) is 10.2 Å². The van der Waals surface area contributed by atoms with Crippen LogP contribution in [0, 0.1) is 11.7 Å². The number of carbonyl (C=O) groups is 2. The van der Waals surface area contributed by atoms with Gasteiger partial charge in [0.2, 0.25) is 5.91 Å². The van der Waals surface area contributed by atoms with E-state index in [4.69, 9.17) is 17.3 Å². The number of anilines is 1. The maximum absolute atomic E-state index is 13.4. The van der Waals surface area contributed by atoms with E-state index in [1.54, 1.807) is 11.0 Å². The molecular formula is C16H22ClFN4O2. The summed E-state index contributed by atoms with van der Waals surface area (Å²) in [6.45, 7) is 2.00. The van der Waals surface area contributed by atoms with Gasteiger partial charge in [0.25, 0.3) is 0 Å². The first kappa shape index (κ1) is 18.5. The number of hydrogen-bond acceptors (Lipinski definition) is 3. The molecule has 4 N–H and O–H groups in total. The Bertz CT molecular complexity index is 599. The highest BCUT2D eigenvalue weighted by Crippen LogP contribution is 2.22. The van der Waals surface area contributed by atoms with Crippen LogP contribution in [0.5, 0.6) is 0 Å². The monoisotopic (exact) mass is 356 g/mol. The van der Waals surface area contributed by atoms with Gasteiger partial charge in [0, 0.05) is 25.3 Å². The molecule has 1 saturated heterocycles. The molecule has 1 heterocycles. The molecule has 1 aromatic carbocycles.